The number of carbonyl (C=O) groups excluding carboxylic acids is 2. The van der Waals surface area contributed by atoms with Gasteiger partial charge in [0.2, 0.25) is 21.8 Å². The quantitative estimate of drug-likeness (QED) is 0.680. The van der Waals surface area contributed by atoms with Gasteiger partial charge in [-0.3, -0.25) is 9.59 Å². The molecule has 1 aliphatic heterocycles. The SMILES string of the molecule is CC[C@H](NS(=O)(=O)c1ccc(OC)c(N2C(=O)CCC2=O)c1)c1ccc(C)c(C)c1. The van der Waals surface area contributed by atoms with Crippen molar-refractivity contribution in [2.75, 3.05) is 12.0 Å². The van der Waals surface area contributed by atoms with Crippen LogP contribution in [0, 0.1) is 13.8 Å². The highest BCUT2D eigenvalue weighted by molar-refractivity contribution is 7.89. The monoisotopic (exact) mass is 430 g/mol. The van der Waals surface area contributed by atoms with Crippen LogP contribution in [0.1, 0.15) is 48.9 Å². The molecule has 0 saturated carbocycles. The zero-order valence-electron chi connectivity index (χ0n) is 17.6. The van der Waals surface area contributed by atoms with Gasteiger partial charge in [0.25, 0.3) is 0 Å². The zero-order chi connectivity index (χ0) is 22.1. The summed E-state index contributed by atoms with van der Waals surface area (Å²) in [4.78, 5) is 25.3. The van der Waals surface area contributed by atoms with E-state index in [4.69, 9.17) is 4.74 Å². The molecule has 1 N–H and O–H groups in total. The van der Waals surface area contributed by atoms with Crippen LogP contribution in [0.2, 0.25) is 0 Å². The van der Waals surface area contributed by atoms with Gasteiger partial charge in [0.15, 0.2) is 0 Å². The molecule has 0 spiro atoms. The molecule has 0 unspecified atom stereocenters. The normalized spacial score (nSPS) is 15.5. The van der Waals surface area contributed by atoms with Crippen LogP contribution in [0.3, 0.4) is 0 Å². The lowest BCUT2D eigenvalue weighted by Gasteiger charge is -2.21. The summed E-state index contributed by atoms with van der Waals surface area (Å²) in [5, 5.41) is 0. The molecule has 8 heteroatoms. The molecule has 1 fully saturated rings. The van der Waals surface area contributed by atoms with E-state index in [1.807, 2.05) is 39.0 Å². The molecule has 2 amide bonds. The van der Waals surface area contributed by atoms with Gasteiger partial charge in [-0.25, -0.2) is 18.0 Å². The summed E-state index contributed by atoms with van der Waals surface area (Å²) < 4.78 is 34.2. The first kappa shape index (κ1) is 22.0. The van der Waals surface area contributed by atoms with Gasteiger partial charge in [0.1, 0.15) is 5.75 Å². The number of carbonyl (C=O) groups is 2. The third-order valence-corrected chi connectivity index (χ3v) is 6.86. The minimum Gasteiger partial charge on any atom is -0.495 e. The van der Waals surface area contributed by atoms with Crippen LogP contribution in [0.4, 0.5) is 5.69 Å². The number of aryl methyl sites for hydroxylation is 2. The summed E-state index contributed by atoms with van der Waals surface area (Å²) in [6.07, 6.45) is 0.762. The van der Waals surface area contributed by atoms with Crippen molar-refractivity contribution in [1.82, 2.24) is 4.72 Å². The first-order valence-electron chi connectivity index (χ1n) is 9.81. The van der Waals surface area contributed by atoms with Crippen molar-refractivity contribution in [2.45, 2.75) is 51.0 Å². The van der Waals surface area contributed by atoms with Crippen LogP contribution >= 0.6 is 0 Å². The Morgan fingerprint density at radius 1 is 1.03 bits per heavy atom. The second kappa shape index (κ2) is 8.57. The average Bonchev–Trinajstić information content (AvgIpc) is 3.05. The van der Waals surface area contributed by atoms with Crippen LogP contribution in [-0.2, 0) is 19.6 Å². The van der Waals surface area contributed by atoms with E-state index >= 15 is 0 Å². The van der Waals surface area contributed by atoms with E-state index in [9.17, 15) is 18.0 Å². The Hall–Kier alpha value is -2.71. The Morgan fingerprint density at radius 3 is 2.27 bits per heavy atom. The fraction of sp³-hybridized carbons (Fsp3) is 0.364. The van der Waals surface area contributed by atoms with Gasteiger partial charge in [-0.15, -0.1) is 0 Å². The van der Waals surface area contributed by atoms with E-state index in [0.717, 1.165) is 21.6 Å². The maximum absolute atomic E-state index is 13.1. The van der Waals surface area contributed by atoms with Crippen molar-refractivity contribution in [3.63, 3.8) is 0 Å². The summed E-state index contributed by atoms with van der Waals surface area (Å²) in [6.45, 7) is 5.90. The topological polar surface area (TPSA) is 92.8 Å². The number of methoxy groups -OCH3 is 1. The summed E-state index contributed by atoms with van der Waals surface area (Å²) in [7, 11) is -2.50. The predicted molar refractivity (Wildman–Crippen MR) is 114 cm³/mol. The van der Waals surface area contributed by atoms with E-state index in [2.05, 4.69) is 4.72 Å². The van der Waals surface area contributed by atoms with Gasteiger partial charge in [-0.05, 0) is 55.2 Å². The number of hydrogen-bond donors (Lipinski definition) is 1. The number of imide groups is 1. The lowest BCUT2D eigenvalue weighted by Crippen LogP contribution is -2.31. The predicted octanol–water partition coefficient (Wildman–Crippen LogP) is 3.40. The molecule has 0 aliphatic carbocycles. The Labute approximate surface area is 177 Å². The smallest absolute Gasteiger partial charge is 0.241 e. The van der Waals surface area contributed by atoms with Crippen LogP contribution < -0.4 is 14.4 Å². The Kier molecular flexibility index (Phi) is 6.28. The van der Waals surface area contributed by atoms with Gasteiger partial charge >= 0.3 is 0 Å². The minimum atomic E-state index is -3.91. The summed E-state index contributed by atoms with van der Waals surface area (Å²) in [5.74, 6) is -0.483. The van der Waals surface area contributed by atoms with E-state index < -0.39 is 16.1 Å². The maximum atomic E-state index is 13.1. The molecular weight excluding hydrogens is 404 g/mol. The molecule has 160 valence electrons. The van der Waals surface area contributed by atoms with Crippen molar-refractivity contribution in [2.24, 2.45) is 0 Å². The molecule has 1 aliphatic rings. The van der Waals surface area contributed by atoms with Gasteiger partial charge in [-0.1, -0.05) is 25.1 Å². The number of hydrogen-bond acceptors (Lipinski definition) is 5. The fourth-order valence-corrected chi connectivity index (χ4v) is 4.81. The second-order valence-electron chi connectivity index (χ2n) is 7.38. The van der Waals surface area contributed by atoms with Crippen molar-refractivity contribution >= 4 is 27.5 Å². The molecule has 30 heavy (non-hydrogen) atoms. The highest BCUT2D eigenvalue weighted by atomic mass is 32.2. The average molecular weight is 431 g/mol. The molecule has 0 aromatic heterocycles. The molecule has 3 rings (SSSR count). The molecule has 1 saturated heterocycles. The standard InChI is InChI=1S/C22H26N2O5S/c1-5-18(16-7-6-14(2)15(3)12-16)23-30(27,28)17-8-9-20(29-4)19(13-17)24-21(25)10-11-22(24)26/h6-9,12-13,18,23H,5,10-11H2,1-4H3/t18-/m0/s1. The molecule has 7 nitrogen and oxygen atoms in total. The number of ether oxygens (including phenoxy) is 1. The van der Waals surface area contributed by atoms with Gasteiger partial charge in [0.05, 0.1) is 17.7 Å². The molecular formula is C22H26N2O5S. The number of sulfonamides is 1. The summed E-state index contributed by atoms with van der Waals surface area (Å²) in [6, 6.07) is 9.64. The Morgan fingerprint density at radius 2 is 1.70 bits per heavy atom. The highest BCUT2D eigenvalue weighted by Gasteiger charge is 2.33. The minimum absolute atomic E-state index is 0.0342. The largest absolute Gasteiger partial charge is 0.495 e. The second-order valence-corrected chi connectivity index (χ2v) is 9.10. The van der Waals surface area contributed by atoms with Crippen molar-refractivity contribution < 1.29 is 22.7 Å². The van der Waals surface area contributed by atoms with Crippen molar-refractivity contribution in [3.8, 4) is 5.75 Å². The van der Waals surface area contributed by atoms with Gasteiger partial charge < -0.3 is 4.74 Å². The van der Waals surface area contributed by atoms with Crippen LogP contribution in [0.25, 0.3) is 0 Å². The van der Waals surface area contributed by atoms with Crippen LogP contribution in [0.5, 0.6) is 5.75 Å². The van der Waals surface area contributed by atoms with E-state index in [1.165, 1.54) is 25.3 Å². The first-order chi connectivity index (χ1) is 14.2. The molecule has 0 bridgehead atoms. The molecule has 1 atom stereocenters. The van der Waals surface area contributed by atoms with Crippen molar-refractivity contribution in [3.05, 3.63) is 53.1 Å². The Balaban J connectivity index is 1.97. The lowest BCUT2D eigenvalue weighted by molar-refractivity contribution is -0.121. The lowest BCUT2D eigenvalue weighted by atomic mass is 10.0. The van der Waals surface area contributed by atoms with E-state index in [0.29, 0.717) is 6.42 Å². The Bertz CT molecular complexity index is 1080. The number of anilines is 1. The highest BCUT2D eigenvalue weighted by Crippen LogP contribution is 2.34. The van der Waals surface area contributed by atoms with Crippen molar-refractivity contribution in [1.29, 1.82) is 0 Å². The number of amides is 2. The van der Waals surface area contributed by atoms with E-state index in [1.54, 1.807) is 0 Å². The van der Waals surface area contributed by atoms with Gasteiger partial charge in [0, 0.05) is 18.9 Å². The number of rotatable bonds is 7. The van der Waals surface area contributed by atoms with Gasteiger partial charge in [-0.2, -0.15) is 0 Å². The van der Waals surface area contributed by atoms with Crippen LogP contribution in [0.15, 0.2) is 41.3 Å². The molecule has 0 radical (unpaired) electrons. The summed E-state index contributed by atoms with van der Waals surface area (Å²) in [5.41, 5.74) is 3.24. The first-order valence-corrected chi connectivity index (χ1v) is 11.3. The fourth-order valence-electron chi connectivity index (χ4n) is 3.48. The maximum Gasteiger partial charge on any atom is 0.241 e. The zero-order valence-corrected chi connectivity index (χ0v) is 18.4. The number of benzene rings is 2. The number of nitrogens with one attached hydrogen (secondary N) is 1. The summed E-state index contributed by atoms with van der Waals surface area (Å²) >= 11 is 0. The third kappa shape index (κ3) is 4.24. The van der Waals surface area contributed by atoms with Crippen LogP contribution in [-0.4, -0.2) is 27.3 Å². The third-order valence-electron chi connectivity index (χ3n) is 5.39. The van der Waals surface area contributed by atoms with E-state index in [-0.39, 0.29) is 41.0 Å². The number of nitrogens with zero attached hydrogens (tertiary/aromatic N) is 1. The molecule has 2 aromatic rings. The molecule has 1 heterocycles. The molecule has 2 aromatic carbocycles.